The van der Waals surface area contributed by atoms with Gasteiger partial charge >= 0.3 is 0 Å². The van der Waals surface area contributed by atoms with Gasteiger partial charge in [-0.25, -0.2) is 4.98 Å². The summed E-state index contributed by atoms with van der Waals surface area (Å²) in [5.41, 5.74) is 0. The van der Waals surface area contributed by atoms with Gasteiger partial charge in [0, 0.05) is 36.8 Å². The van der Waals surface area contributed by atoms with Gasteiger partial charge in [0.05, 0.1) is 6.54 Å². The third kappa shape index (κ3) is 5.57. The number of anilines is 1. The number of carbonyl (C=O) groups excluding carboxylic acids is 1. The summed E-state index contributed by atoms with van der Waals surface area (Å²) in [4.78, 5) is 19.2. The van der Waals surface area contributed by atoms with Crippen molar-refractivity contribution in [1.29, 1.82) is 0 Å². The van der Waals surface area contributed by atoms with Gasteiger partial charge in [0.1, 0.15) is 0 Å². The number of rotatable bonds is 8. The molecule has 0 saturated carbocycles. The molecular formula is C13H24N4OS. The summed E-state index contributed by atoms with van der Waals surface area (Å²) in [7, 11) is 0. The maximum absolute atomic E-state index is 11.5. The van der Waals surface area contributed by atoms with Crippen LogP contribution >= 0.6 is 11.3 Å². The highest BCUT2D eigenvalue weighted by atomic mass is 32.1. The van der Waals surface area contributed by atoms with E-state index in [0.29, 0.717) is 13.1 Å². The summed E-state index contributed by atoms with van der Waals surface area (Å²) in [6.45, 7) is 11.1. The zero-order valence-electron chi connectivity index (χ0n) is 12.2. The van der Waals surface area contributed by atoms with Crippen molar-refractivity contribution in [2.24, 2.45) is 0 Å². The van der Waals surface area contributed by atoms with Crippen LogP contribution in [0, 0.1) is 0 Å². The van der Waals surface area contributed by atoms with Crippen LogP contribution in [0.1, 0.15) is 32.6 Å². The quantitative estimate of drug-likeness (QED) is 0.761. The number of hydrogen-bond acceptors (Lipinski definition) is 5. The van der Waals surface area contributed by atoms with Crippen LogP contribution in [0.15, 0.2) is 6.20 Å². The van der Waals surface area contributed by atoms with E-state index in [2.05, 4.69) is 34.4 Å². The van der Waals surface area contributed by atoms with Gasteiger partial charge in [-0.3, -0.25) is 4.79 Å². The number of amides is 1. The Morgan fingerprint density at radius 1 is 1.42 bits per heavy atom. The molecule has 0 atom stereocenters. The molecule has 1 heterocycles. The van der Waals surface area contributed by atoms with E-state index in [0.717, 1.165) is 23.1 Å². The van der Waals surface area contributed by atoms with Gasteiger partial charge in [0.15, 0.2) is 5.13 Å². The average Bonchev–Trinajstić information content (AvgIpc) is 2.78. The molecule has 5 nitrogen and oxygen atoms in total. The molecule has 1 amide bonds. The first-order valence-electron chi connectivity index (χ1n) is 6.76. The van der Waals surface area contributed by atoms with Crippen LogP contribution in [0.4, 0.5) is 5.13 Å². The Kier molecular flexibility index (Phi) is 6.80. The molecule has 0 aliphatic carbocycles. The predicted octanol–water partition coefficient (Wildman–Crippen LogP) is 1.60. The van der Waals surface area contributed by atoms with Crippen molar-refractivity contribution < 1.29 is 4.79 Å². The third-order valence-electron chi connectivity index (χ3n) is 2.61. The third-order valence-corrected chi connectivity index (χ3v) is 3.67. The monoisotopic (exact) mass is 284 g/mol. The van der Waals surface area contributed by atoms with E-state index in [4.69, 9.17) is 0 Å². The molecule has 0 saturated heterocycles. The summed E-state index contributed by atoms with van der Waals surface area (Å²) in [6.07, 6.45) is 1.88. The topological polar surface area (TPSA) is 57.3 Å². The molecule has 108 valence electrons. The van der Waals surface area contributed by atoms with Gasteiger partial charge in [-0.05, 0) is 27.7 Å². The maximum Gasteiger partial charge on any atom is 0.234 e. The van der Waals surface area contributed by atoms with E-state index < -0.39 is 0 Å². The van der Waals surface area contributed by atoms with E-state index in [1.807, 2.05) is 20.0 Å². The summed E-state index contributed by atoms with van der Waals surface area (Å²) >= 11 is 1.68. The molecule has 0 aliphatic rings. The van der Waals surface area contributed by atoms with Crippen LogP contribution in [0.2, 0.25) is 0 Å². The minimum atomic E-state index is 0.0310. The Labute approximate surface area is 119 Å². The van der Waals surface area contributed by atoms with E-state index in [9.17, 15) is 4.79 Å². The molecule has 1 aromatic heterocycles. The molecule has 1 aromatic rings. The maximum atomic E-state index is 11.5. The van der Waals surface area contributed by atoms with Gasteiger partial charge in [-0.1, -0.05) is 0 Å². The number of hydrogen-bond donors (Lipinski definition) is 2. The molecule has 0 aromatic carbocycles. The molecule has 19 heavy (non-hydrogen) atoms. The van der Waals surface area contributed by atoms with E-state index in [-0.39, 0.29) is 11.9 Å². The Balaban J connectivity index is 2.36. The normalized spacial score (nSPS) is 10.8. The molecule has 0 bridgehead atoms. The predicted molar refractivity (Wildman–Crippen MR) is 80.7 cm³/mol. The molecule has 2 N–H and O–H groups in total. The Bertz CT molecular complexity index is 388. The molecule has 0 unspecified atom stereocenters. The van der Waals surface area contributed by atoms with E-state index in [1.54, 1.807) is 11.3 Å². The number of aromatic nitrogens is 1. The lowest BCUT2D eigenvalue weighted by Gasteiger charge is -2.16. The second-order valence-corrected chi connectivity index (χ2v) is 5.70. The Morgan fingerprint density at radius 3 is 2.68 bits per heavy atom. The Morgan fingerprint density at radius 2 is 2.11 bits per heavy atom. The molecule has 6 heteroatoms. The fourth-order valence-corrected chi connectivity index (χ4v) is 2.70. The van der Waals surface area contributed by atoms with Crippen molar-refractivity contribution in [3.05, 3.63) is 11.1 Å². The fraction of sp³-hybridized carbons (Fsp3) is 0.692. The van der Waals surface area contributed by atoms with Crippen LogP contribution in [0.5, 0.6) is 0 Å². The van der Waals surface area contributed by atoms with Crippen LogP contribution in [0.3, 0.4) is 0 Å². The summed E-state index contributed by atoms with van der Waals surface area (Å²) in [6, 6.07) is 0.187. The summed E-state index contributed by atoms with van der Waals surface area (Å²) < 4.78 is 0. The molecule has 0 fully saturated rings. The summed E-state index contributed by atoms with van der Waals surface area (Å²) in [5.74, 6) is 0.0310. The number of carbonyl (C=O) groups is 1. The van der Waals surface area contributed by atoms with Crippen molar-refractivity contribution in [3.8, 4) is 0 Å². The Hall–Kier alpha value is -1.14. The molecule has 0 aliphatic heterocycles. The minimum Gasteiger partial charge on any atom is -0.353 e. The number of nitrogens with one attached hydrogen (secondary N) is 2. The van der Waals surface area contributed by atoms with Crippen molar-refractivity contribution >= 4 is 22.4 Å². The first kappa shape index (κ1) is 15.9. The largest absolute Gasteiger partial charge is 0.353 e. The van der Waals surface area contributed by atoms with Gasteiger partial charge in [-0.15, -0.1) is 11.3 Å². The van der Waals surface area contributed by atoms with Crippen molar-refractivity contribution in [2.75, 3.05) is 24.5 Å². The van der Waals surface area contributed by atoms with Gasteiger partial charge < -0.3 is 15.5 Å². The molecular weight excluding hydrogens is 260 g/mol. The van der Waals surface area contributed by atoms with Gasteiger partial charge in [0.2, 0.25) is 5.91 Å². The molecule has 0 radical (unpaired) electrons. The fourth-order valence-electron chi connectivity index (χ4n) is 1.69. The zero-order valence-corrected chi connectivity index (χ0v) is 13.0. The second-order valence-electron chi connectivity index (χ2n) is 4.61. The van der Waals surface area contributed by atoms with E-state index in [1.165, 1.54) is 0 Å². The smallest absolute Gasteiger partial charge is 0.234 e. The molecule has 1 rings (SSSR count). The highest BCUT2D eigenvalue weighted by Crippen LogP contribution is 2.21. The minimum absolute atomic E-state index is 0.0310. The lowest BCUT2D eigenvalue weighted by Crippen LogP contribution is -2.37. The van der Waals surface area contributed by atoms with Crippen LogP contribution < -0.4 is 15.5 Å². The lowest BCUT2D eigenvalue weighted by atomic mass is 10.4. The highest BCUT2D eigenvalue weighted by molar-refractivity contribution is 7.15. The number of thiazole rings is 1. The van der Waals surface area contributed by atoms with Crippen molar-refractivity contribution in [1.82, 2.24) is 15.6 Å². The number of nitrogens with zero attached hydrogens (tertiary/aromatic N) is 2. The van der Waals surface area contributed by atoms with Crippen LogP contribution in [-0.2, 0) is 11.3 Å². The van der Waals surface area contributed by atoms with Gasteiger partial charge in [-0.2, -0.15) is 0 Å². The first-order valence-corrected chi connectivity index (χ1v) is 7.58. The zero-order chi connectivity index (χ0) is 14.3. The standard InChI is InChI=1S/C13H24N4OS/c1-5-17(6-2)13-15-8-11(19-13)7-14-9-12(18)16-10(3)4/h8,10,14H,5-7,9H2,1-4H3,(H,16,18). The van der Waals surface area contributed by atoms with Crippen molar-refractivity contribution in [2.45, 2.75) is 40.3 Å². The lowest BCUT2D eigenvalue weighted by molar-refractivity contribution is -0.120. The van der Waals surface area contributed by atoms with Crippen LogP contribution in [-0.4, -0.2) is 36.6 Å². The van der Waals surface area contributed by atoms with Crippen LogP contribution in [0.25, 0.3) is 0 Å². The molecule has 0 spiro atoms. The SMILES string of the molecule is CCN(CC)c1ncc(CNCC(=O)NC(C)C)s1. The van der Waals surface area contributed by atoms with E-state index >= 15 is 0 Å². The van der Waals surface area contributed by atoms with Gasteiger partial charge in [0.25, 0.3) is 0 Å². The highest BCUT2D eigenvalue weighted by Gasteiger charge is 2.08. The van der Waals surface area contributed by atoms with Crippen molar-refractivity contribution in [3.63, 3.8) is 0 Å². The average molecular weight is 284 g/mol. The first-order chi connectivity index (χ1) is 9.06. The summed E-state index contributed by atoms with van der Waals surface area (Å²) in [5, 5.41) is 7.03. The second kappa shape index (κ2) is 8.12.